The van der Waals surface area contributed by atoms with Gasteiger partial charge in [0, 0.05) is 38.3 Å². The summed E-state index contributed by atoms with van der Waals surface area (Å²) < 4.78 is 7.36. The van der Waals surface area contributed by atoms with Crippen LogP contribution in [0.1, 0.15) is 60.4 Å². The highest BCUT2D eigenvalue weighted by Gasteiger charge is 2.29. The minimum atomic E-state index is -0.0619. The van der Waals surface area contributed by atoms with Gasteiger partial charge in [-0.05, 0) is 32.1 Å². The number of aryl methyl sites for hydroxylation is 2. The Kier molecular flexibility index (Phi) is 4.73. The number of nitrogens with zero attached hydrogens (tertiary/aromatic N) is 4. The second kappa shape index (κ2) is 6.79. The second-order valence-electron chi connectivity index (χ2n) is 7.22. The number of amides is 1. The molecule has 1 aliphatic heterocycles. The molecule has 130 valence electrons. The lowest BCUT2D eigenvalue weighted by atomic mass is 9.97. The van der Waals surface area contributed by atoms with E-state index in [-0.39, 0.29) is 11.8 Å². The number of carbonyl (C=O) groups is 1. The predicted molar refractivity (Wildman–Crippen MR) is 90.9 cm³/mol. The van der Waals surface area contributed by atoms with E-state index >= 15 is 0 Å². The zero-order valence-electron chi connectivity index (χ0n) is 15.0. The first kappa shape index (κ1) is 16.7. The Hall–Kier alpha value is -2.11. The largest absolute Gasteiger partial charge is 0.351 e. The summed E-state index contributed by atoms with van der Waals surface area (Å²) in [6.07, 6.45) is 4.90. The summed E-state index contributed by atoms with van der Waals surface area (Å²) in [6, 6.07) is 1.79. The van der Waals surface area contributed by atoms with Crippen LogP contribution in [-0.4, -0.2) is 38.6 Å². The number of likely N-dealkylation sites (tertiary alicyclic amines) is 1. The molecular weight excluding hydrogens is 304 g/mol. The van der Waals surface area contributed by atoms with Crippen molar-refractivity contribution in [3.05, 3.63) is 35.2 Å². The van der Waals surface area contributed by atoms with E-state index in [1.165, 1.54) is 0 Å². The highest BCUT2D eigenvalue weighted by molar-refractivity contribution is 5.91. The van der Waals surface area contributed by atoms with Crippen LogP contribution < -0.4 is 0 Å². The Bertz CT molecular complexity index is 716. The summed E-state index contributed by atoms with van der Waals surface area (Å²) in [7, 11) is 2.02. The Morgan fingerprint density at radius 1 is 1.46 bits per heavy atom. The van der Waals surface area contributed by atoms with Crippen molar-refractivity contribution in [1.29, 1.82) is 0 Å². The summed E-state index contributed by atoms with van der Waals surface area (Å²) in [5.74, 6) is 2.11. The number of hydrogen-bond donors (Lipinski definition) is 0. The summed E-state index contributed by atoms with van der Waals surface area (Å²) in [4.78, 5) is 19.2. The molecule has 1 atom stereocenters. The molecule has 2 aromatic rings. The molecule has 24 heavy (non-hydrogen) atoms. The molecule has 2 aromatic heterocycles. The average Bonchev–Trinajstić information content (AvgIpc) is 3.12. The van der Waals surface area contributed by atoms with Gasteiger partial charge in [-0.25, -0.2) is 4.98 Å². The Balaban J connectivity index is 1.71. The minimum Gasteiger partial charge on any atom is -0.351 e. The van der Waals surface area contributed by atoms with Gasteiger partial charge < -0.3 is 14.0 Å². The molecular formula is C18H26N4O2. The average molecular weight is 330 g/mol. The van der Waals surface area contributed by atoms with E-state index in [2.05, 4.69) is 28.6 Å². The van der Waals surface area contributed by atoms with E-state index in [0.29, 0.717) is 18.2 Å². The fourth-order valence-electron chi connectivity index (χ4n) is 3.47. The highest BCUT2D eigenvalue weighted by atomic mass is 16.5. The van der Waals surface area contributed by atoms with Gasteiger partial charge in [-0.2, -0.15) is 0 Å². The fourth-order valence-corrected chi connectivity index (χ4v) is 3.47. The van der Waals surface area contributed by atoms with Gasteiger partial charge in [-0.3, -0.25) is 4.79 Å². The monoisotopic (exact) mass is 330 g/mol. The first-order valence-corrected chi connectivity index (χ1v) is 8.68. The third-order valence-electron chi connectivity index (χ3n) is 4.49. The zero-order chi connectivity index (χ0) is 17.3. The maximum Gasteiger partial charge on any atom is 0.292 e. The molecule has 0 N–H and O–H groups in total. The molecule has 6 heteroatoms. The van der Waals surface area contributed by atoms with Gasteiger partial charge in [0.1, 0.15) is 5.82 Å². The van der Waals surface area contributed by atoms with E-state index in [1.54, 1.807) is 6.07 Å². The molecule has 1 unspecified atom stereocenters. The highest BCUT2D eigenvalue weighted by Crippen LogP contribution is 2.27. The van der Waals surface area contributed by atoms with Crippen molar-refractivity contribution >= 4 is 5.91 Å². The maximum atomic E-state index is 12.7. The van der Waals surface area contributed by atoms with Crippen LogP contribution >= 0.6 is 0 Å². The first-order chi connectivity index (χ1) is 11.4. The minimum absolute atomic E-state index is 0.0619. The predicted octanol–water partition coefficient (Wildman–Crippen LogP) is 2.93. The third-order valence-corrected chi connectivity index (χ3v) is 4.49. The molecule has 3 rings (SSSR count). The summed E-state index contributed by atoms with van der Waals surface area (Å²) >= 11 is 0. The van der Waals surface area contributed by atoms with Crippen LogP contribution in [0.5, 0.6) is 0 Å². The lowest BCUT2D eigenvalue weighted by molar-refractivity contribution is 0.0661. The number of piperidine rings is 1. The van der Waals surface area contributed by atoms with Gasteiger partial charge in [0.25, 0.3) is 5.91 Å². The van der Waals surface area contributed by atoms with E-state index in [1.807, 2.05) is 25.1 Å². The van der Waals surface area contributed by atoms with Gasteiger partial charge in [0.15, 0.2) is 0 Å². The first-order valence-electron chi connectivity index (χ1n) is 8.68. The number of rotatable bonds is 4. The Morgan fingerprint density at radius 2 is 2.25 bits per heavy atom. The van der Waals surface area contributed by atoms with Crippen molar-refractivity contribution in [3.8, 4) is 0 Å². The second-order valence-corrected chi connectivity index (χ2v) is 7.22. The van der Waals surface area contributed by atoms with Crippen molar-refractivity contribution in [1.82, 2.24) is 19.6 Å². The molecule has 1 aliphatic rings. The van der Waals surface area contributed by atoms with Crippen LogP contribution in [0, 0.1) is 12.8 Å². The van der Waals surface area contributed by atoms with Gasteiger partial charge in [0.2, 0.25) is 5.76 Å². The number of carbonyl (C=O) groups excluding carboxylic acids is 1. The lowest BCUT2D eigenvalue weighted by Gasteiger charge is -2.31. The molecule has 0 saturated carbocycles. The van der Waals surface area contributed by atoms with Gasteiger partial charge >= 0.3 is 0 Å². The summed E-state index contributed by atoms with van der Waals surface area (Å²) in [5, 5.41) is 4.03. The number of aromatic nitrogens is 3. The topological polar surface area (TPSA) is 64.2 Å². The van der Waals surface area contributed by atoms with Crippen LogP contribution in [0.3, 0.4) is 0 Å². The molecule has 1 saturated heterocycles. The maximum absolute atomic E-state index is 12.7. The van der Waals surface area contributed by atoms with Crippen molar-refractivity contribution in [2.75, 3.05) is 13.1 Å². The van der Waals surface area contributed by atoms with Crippen molar-refractivity contribution in [2.24, 2.45) is 13.0 Å². The lowest BCUT2D eigenvalue weighted by Crippen LogP contribution is -2.39. The molecule has 1 fully saturated rings. The SMILES string of the molecule is Cc1cn(C)c(C2CCCN(C(=O)c3cc(CC(C)C)no3)C2)n1. The normalized spacial score (nSPS) is 18.4. The van der Waals surface area contributed by atoms with Crippen molar-refractivity contribution < 1.29 is 9.32 Å². The van der Waals surface area contributed by atoms with Crippen LogP contribution in [0.4, 0.5) is 0 Å². The van der Waals surface area contributed by atoms with E-state index in [9.17, 15) is 4.79 Å². The molecule has 0 spiro atoms. The van der Waals surface area contributed by atoms with E-state index in [4.69, 9.17) is 4.52 Å². The fraction of sp³-hybridized carbons (Fsp3) is 0.611. The Labute approximate surface area is 142 Å². The van der Waals surface area contributed by atoms with Crippen LogP contribution in [0.25, 0.3) is 0 Å². The standard InChI is InChI=1S/C18H26N4O2/c1-12(2)8-15-9-16(24-20-15)18(23)22-7-5-6-14(11-22)17-19-13(3)10-21(17)4/h9-10,12,14H,5-8,11H2,1-4H3. The van der Waals surface area contributed by atoms with Gasteiger partial charge in [0.05, 0.1) is 11.4 Å². The molecule has 0 radical (unpaired) electrons. The Morgan fingerprint density at radius 3 is 2.92 bits per heavy atom. The summed E-state index contributed by atoms with van der Waals surface area (Å²) in [5.41, 5.74) is 1.87. The zero-order valence-corrected chi connectivity index (χ0v) is 15.0. The smallest absolute Gasteiger partial charge is 0.292 e. The molecule has 0 aliphatic carbocycles. The molecule has 1 amide bonds. The molecule has 0 bridgehead atoms. The molecule has 3 heterocycles. The van der Waals surface area contributed by atoms with E-state index in [0.717, 1.165) is 43.0 Å². The third kappa shape index (κ3) is 3.52. The summed E-state index contributed by atoms with van der Waals surface area (Å²) in [6.45, 7) is 7.70. The van der Waals surface area contributed by atoms with Crippen LogP contribution in [-0.2, 0) is 13.5 Å². The van der Waals surface area contributed by atoms with Crippen molar-refractivity contribution in [2.45, 2.75) is 46.0 Å². The number of imidazole rings is 1. The molecule has 6 nitrogen and oxygen atoms in total. The van der Waals surface area contributed by atoms with Crippen LogP contribution in [0.15, 0.2) is 16.8 Å². The van der Waals surface area contributed by atoms with E-state index < -0.39 is 0 Å². The van der Waals surface area contributed by atoms with Gasteiger partial charge in [-0.1, -0.05) is 19.0 Å². The van der Waals surface area contributed by atoms with Crippen LogP contribution in [0.2, 0.25) is 0 Å². The van der Waals surface area contributed by atoms with Crippen molar-refractivity contribution in [3.63, 3.8) is 0 Å². The number of hydrogen-bond acceptors (Lipinski definition) is 4. The van der Waals surface area contributed by atoms with Gasteiger partial charge in [-0.15, -0.1) is 0 Å². The molecule has 0 aromatic carbocycles. The quantitative estimate of drug-likeness (QED) is 0.864.